The van der Waals surface area contributed by atoms with E-state index in [1.54, 1.807) is 17.4 Å². The lowest BCUT2D eigenvalue weighted by Gasteiger charge is -2.02. The van der Waals surface area contributed by atoms with Crippen LogP contribution in [0.5, 0.6) is 0 Å². The van der Waals surface area contributed by atoms with E-state index in [1.807, 2.05) is 64.8 Å². The summed E-state index contributed by atoms with van der Waals surface area (Å²) >= 11 is 1.58. The van der Waals surface area contributed by atoms with E-state index < -0.39 is 0 Å². The summed E-state index contributed by atoms with van der Waals surface area (Å²) in [4.78, 5) is 13.3. The Bertz CT molecular complexity index is 981. The Morgan fingerprint density at radius 3 is 2.79 bits per heavy atom. The maximum absolute atomic E-state index is 12.3. The van der Waals surface area contributed by atoms with Crippen molar-refractivity contribution in [1.29, 1.82) is 5.26 Å². The van der Waals surface area contributed by atoms with Gasteiger partial charge in [-0.05, 0) is 29.5 Å². The van der Waals surface area contributed by atoms with Gasteiger partial charge < -0.3 is 5.32 Å². The highest BCUT2D eigenvalue weighted by Crippen LogP contribution is 2.28. The topological polar surface area (TPSA) is 70.7 Å². The molecule has 6 heteroatoms. The molecule has 0 bridgehead atoms. The smallest absolute Gasteiger partial charge is 0.261 e. The fraction of sp³-hybridized carbons (Fsp3) is 0.227. The second-order valence-electron chi connectivity index (χ2n) is 6.37. The number of hydrogen-bond donors (Lipinski definition) is 1. The van der Waals surface area contributed by atoms with Crippen LogP contribution in [0.15, 0.2) is 59.6 Å². The molecule has 1 aromatic carbocycles. The Balaban J connectivity index is 1.91. The van der Waals surface area contributed by atoms with Crippen LogP contribution in [-0.2, 0) is 11.3 Å². The van der Waals surface area contributed by atoms with Crippen molar-refractivity contribution in [2.45, 2.75) is 26.3 Å². The van der Waals surface area contributed by atoms with Gasteiger partial charge in [0.15, 0.2) is 0 Å². The number of hydrogen-bond acceptors (Lipinski definition) is 4. The summed E-state index contributed by atoms with van der Waals surface area (Å²) in [7, 11) is 0. The summed E-state index contributed by atoms with van der Waals surface area (Å²) < 4.78 is 1.85. The summed E-state index contributed by atoms with van der Waals surface area (Å²) in [5, 5.41) is 19.0. The number of nitriles is 1. The van der Waals surface area contributed by atoms with Crippen LogP contribution in [0.25, 0.3) is 16.6 Å². The van der Waals surface area contributed by atoms with E-state index in [4.69, 9.17) is 5.10 Å². The van der Waals surface area contributed by atoms with Crippen molar-refractivity contribution < 1.29 is 4.79 Å². The number of thiophene rings is 1. The minimum absolute atomic E-state index is 0.0909. The first kappa shape index (κ1) is 19.6. The van der Waals surface area contributed by atoms with Crippen molar-refractivity contribution in [3.8, 4) is 16.6 Å². The summed E-state index contributed by atoms with van der Waals surface area (Å²) in [5.74, 6) is -0.344. The van der Waals surface area contributed by atoms with Crippen molar-refractivity contribution in [1.82, 2.24) is 15.1 Å². The maximum atomic E-state index is 12.3. The number of nitrogens with zero attached hydrogens (tertiary/aromatic N) is 3. The van der Waals surface area contributed by atoms with Gasteiger partial charge in [-0.25, -0.2) is 0 Å². The van der Waals surface area contributed by atoms with Crippen LogP contribution in [0.3, 0.4) is 0 Å². The van der Waals surface area contributed by atoms with Crippen LogP contribution in [0.2, 0.25) is 0 Å². The molecule has 28 heavy (non-hydrogen) atoms. The Kier molecular flexibility index (Phi) is 6.77. The van der Waals surface area contributed by atoms with Crippen LogP contribution in [0.4, 0.5) is 0 Å². The Labute approximate surface area is 168 Å². The highest BCUT2D eigenvalue weighted by Gasteiger charge is 2.15. The number of benzene rings is 1. The third-order valence-corrected chi connectivity index (χ3v) is 5.09. The van der Waals surface area contributed by atoms with Crippen LogP contribution in [-0.4, -0.2) is 22.2 Å². The van der Waals surface area contributed by atoms with E-state index in [2.05, 4.69) is 12.2 Å². The largest absolute Gasteiger partial charge is 0.351 e. The molecule has 3 aromatic rings. The van der Waals surface area contributed by atoms with E-state index in [0.29, 0.717) is 13.1 Å². The predicted molar refractivity (Wildman–Crippen MR) is 113 cm³/mol. The molecule has 0 unspecified atom stereocenters. The van der Waals surface area contributed by atoms with Gasteiger partial charge in [-0.2, -0.15) is 10.4 Å². The molecule has 2 aromatic heterocycles. The van der Waals surface area contributed by atoms with Crippen molar-refractivity contribution in [3.63, 3.8) is 0 Å². The molecule has 0 aliphatic carbocycles. The van der Waals surface area contributed by atoms with Crippen LogP contribution < -0.4 is 5.32 Å². The zero-order valence-electron chi connectivity index (χ0n) is 15.8. The Morgan fingerprint density at radius 2 is 2.11 bits per heavy atom. The number of amides is 1. The van der Waals surface area contributed by atoms with Gasteiger partial charge in [0.25, 0.3) is 5.91 Å². The summed E-state index contributed by atoms with van der Waals surface area (Å²) in [6.45, 7) is 3.25. The molecule has 1 amide bonds. The molecule has 0 atom stereocenters. The molecule has 0 saturated carbocycles. The molecule has 0 spiro atoms. The predicted octanol–water partition coefficient (Wildman–Crippen LogP) is 4.48. The molecule has 2 heterocycles. The summed E-state index contributed by atoms with van der Waals surface area (Å²) in [6, 6.07) is 16.0. The number of rotatable bonds is 8. The molecule has 5 nitrogen and oxygen atoms in total. The van der Waals surface area contributed by atoms with E-state index in [0.717, 1.165) is 34.5 Å². The van der Waals surface area contributed by atoms with Gasteiger partial charge in [0, 0.05) is 18.3 Å². The van der Waals surface area contributed by atoms with Gasteiger partial charge in [-0.3, -0.25) is 9.48 Å². The van der Waals surface area contributed by atoms with E-state index in [9.17, 15) is 10.1 Å². The number of aromatic nitrogens is 2. The third kappa shape index (κ3) is 4.96. The van der Waals surface area contributed by atoms with Crippen LogP contribution in [0.1, 0.15) is 30.9 Å². The quantitative estimate of drug-likeness (QED) is 0.350. The minimum atomic E-state index is -0.344. The molecule has 0 aliphatic heterocycles. The summed E-state index contributed by atoms with van der Waals surface area (Å²) in [5.41, 5.74) is 2.77. The normalized spacial score (nSPS) is 11.2. The van der Waals surface area contributed by atoms with Gasteiger partial charge in [0.05, 0.1) is 11.4 Å². The molecule has 0 aliphatic rings. The van der Waals surface area contributed by atoms with Crippen molar-refractivity contribution >= 4 is 23.3 Å². The molecule has 0 radical (unpaired) electrons. The zero-order valence-corrected chi connectivity index (χ0v) is 16.6. The monoisotopic (exact) mass is 390 g/mol. The van der Waals surface area contributed by atoms with Crippen molar-refractivity contribution in [2.24, 2.45) is 0 Å². The molecular formula is C22H22N4OS. The SMILES string of the molecule is CCCCNC(=O)C(C#N)=Cc1cn(Cc2ccccc2)nc1-c1cccs1. The fourth-order valence-corrected chi connectivity index (χ4v) is 3.51. The molecule has 0 saturated heterocycles. The average Bonchev–Trinajstić information content (AvgIpc) is 3.36. The summed E-state index contributed by atoms with van der Waals surface area (Å²) in [6.07, 6.45) is 5.39. The lowest BCUT2D eigenvalue weighted by atomic mass is 10.1. The zero-order chi connectivity index (χ0) is 19.8. The highest BCUT2D eigenvalue weighted by atomic mass is 32.1. The van der Waals surface area contributed by atoms with Gasteiger partial charge >= 0.3 is 0 Å². The van der Waals surface area contributed by atoms with Crippen LogP contribution in [0, 0.1) is 11.3 Å². The molecule has 0 fully saturated rings. The van der Waals surface area contributed by atoms with Crippen molar-refractivity contribution in [3.05, 3.63) is 70.7 Å². The average molecular weight is 391 g/mol. The number of nitrogens with one attached hydrogen (secondary N) is 1. The van der Waals surface area contributed by atoms with E-state index in [-0.39, 0.29) is 11.5 Å². The second kappa shape index (κ2) is 9.67. The van der Waals surface area contributed by atoms with Crippen molar-refractivity contribution in [2.75, 3.05) is 6.54 Å². The fourth-order valence-electron chi connectivity index (χ4n) is 2.78. The van der Waals surface area contributed by atoms with Gasteiger partial charge in [-0.1, -0.05) is 49.7 Å². The number of unbranched alkanes of at least 4 members (excludes halogenated alkanes) is 1. The lowest BCUT2D eigenvalue weighted by molar-refractivity contribution is -0.117. The Hall–Kier alpha value is -3.17. The Morgan fingerprint density at radius 1 is 1.29 bits per heavy atom. The minimum Gasteiger partial charge on any atom is -0.351 e. The first-order chi connectivity index (χ1) is 13.7. The first-order valence-electron chi connectivity index (χ1n) is 9.26. The lowest BCUT2D eigenvalue weighted by Crippen LogP contribution is -2.25. The molecule has 3 rings (SSSR count). The molecule has 1 N–H and O–H groups in total. The van der Waals surface area contributed by atoms with Gasteiger partial charge in [-0.15, -0.1) is 11.3 Å². The standard InChI is InChI=1S/C22H22N4OS/c1-2-3-11-24-22(27)18(14-23)13-19-16-26(15-17-8-5-4-6-9-17)25-21(19)20-10-7-12-28-20/h4-10,12-13,16H,2-3,11,15H2,1H3,(H,24,27). The third-order valence-electron chi connectivity index (χ3n) is 4.21. The number of carbonyl (C=O) groups is 1. The van der Waals surface area contributed by atoms with Gasteiger partial charge in [0.1, 0.15) is 17.3 Å². The number of carbonyl (C=O) groups excluding carboxylic acids is 1. The second-order valence-corrected chi connectivity index (χ2v) is 7.32. The van der Waals surface area contributed by atoms with Crippen LogP contribution >= 0.6 is 11.3 Å². The first-order valence-corrected chi connectivity index (χ1v) is 10.1. The maximum Gasteiger partial charge on any atom is 0.261 e. The molecular weight excluding hydrogens is 368 g/mol. The van der Waals surface area contributed by atoms with Gasteiger partial charge in [0.2, 0.25) is 0 Å². The van der Waals surface area contributed by atoms with E-state index in [1.165, 1.54) is 0 Å². The van der Waals surface area contributed by atoms with E-state index >= 15 is 0 Å². The highest BCUT2D eigenvalue weighted by molar-refractivity contribution is 7.13. The molecule has 142 valence electrons.